The lowest BCUT2D eigenvalue weighted by Gasteiger charge is -2.19. The van der Waals surface area contributed by atoms with Crippen LogP contribution < -0.4 is 4.74 Å². The Labute approximate surface area is 115 Å². The van der Waals surface area contributed by atoms with Crippen molar-refractivity contribution in [3.63, 3.8) is 0 Å². The highest BCUT2D eigenvalue weighted by molar-refractivity contribution is 7.98. The molecule has 0 saturated carbocycles. The van der Waals surface area contributed by atoms with E-state index in [4.69, 9.17) is 11.2 Å². The molecule has 0 fully saturated rings. The van der Waals surface area contributed by atoms with Gasteiger partial charge in [0.25, 0.3) is 0 Å². The van der Waals surface area contributed by atoms with Gasteiger partial charge in [-0.05, 0) is 36.3 Å². The first-order chi connectivity index (χ1) is 8.64. The highest BCUT2D eigenvalue weighted by atomic mass is 32.2. The highest BCUT2D eigenvalue weighted by Gasteiger charge is 2.16. The second kappa shape index (κ2) is 6.56. The van der Waals surface area contributed by atoms with Crippen molar-refractivity contribution < 1.29 is 4.74 Å². The Kier molecular flexibility index (Phi) is 5.37. The molecule has 0 spiro atoms. The molecule has 0 bridgehead atoms. The fourth-order valence-corrected chi connectivity index (χ4v) is 3.13. The van der Waals surface area contributed by atoms with Crippen LogP contribution >= 0.6 is 11.8 Å². The molecule has 0 aromatic heterocycles. The number of rotatable bonds is 5. The van der Waals surface area contributed by atoms with Crippen LogP contribution in [-0.2, 0) is 12.8 Å². The zero-order valence-electron chi connectivity index (χ0n) is 11.6. The SMILES string of the molecule is C#CC(=C)c1cc(OC)c(CC)c(CC)c1SC. The van der Waals surface area contributed by atoms with Gasteiger partial charge in [0, 0.05) is 16.0 Å². The van der Waals surface area contributed by atoms with Gasteiger partial charge in [-0.15, -0.1) is 18.2 Å². The number of thioether (sulfide) groups is 1. The van der Waals surface area contributed by atoms with Crippen molar-refractivity contribution in [2.45, 2.75) is 31.6 Å². The molecule has 0 amide bonds. The molecule has 0 radical (unpaired) electrons. The summed E-state index contributed by atoms with van der Waals surface area (Å²) in [4.78, 5) is 1.23. The summed E-state index contributed by atoms with van der Waals surface area (Å²) < 4.78 is 5.49. The molecule has 0 N–H and O–H groups in total. The average molecular weight is 260 g/mol. The van der Waals surface area contributed by atoms with Crippen LogP contribution in [0.5, 0.6) is 5.75 Å². The van der Waals surface area contributed by atoms with Crippen molar-refractivity contribution in [1.29, 1.82) is 0 Å². The number of hydrogen-bond acceptors (Lipinski definition) is 2. The van der Waals surface area contributed by atoms with E-state index in [-0.39, 0.29) is 0 Å². The molecule has 1 aromatic carbocycles. The number of hydrogen-bond donors (Lipinski definition) is 0. The van der Waals surface area contributed by atoms with E-state index < -0.39 is 0 Å². The summed E-state index contributed by atoms with van der Waals surface area (Å²) in [6, 6.07) is 2.02. The molecule has 0 heterocycles. The van der Waals surface area contributed by atoms with E-state index in [2.05, 4.69) is 32.6 Å². The predicted octanol–water partition coefficient (Wildman–Crippen LogP) is 4.19. The number of terminal acetylenes is 1. The molecule has 0 aliphatic carbocycles. The van der Waals surface area contributed by atoms with Crippen molar-refractivity contribution in [2.75, 3.05) is 13.4 Å². The smallest absolute Gasteiger partial charge is 0.123 e. The molecule has 0 unspecified atom stereocenters. The van der Waals surface area contributed by atoms with Gasteiger partial charge in [0.15, 0.2) is 0 Å². The molecule has 0 aliphatic heterocycles. The van der Waals surface area contributed by atoms with Crippen molar-refractivity contribution in [2.24, 2.45) is 0 Å². The summed E-state index contributed by atoms with van der Waals surface area (Å²) in [5.41, 5.74) is 4.35. The highest BCUT2D eigenvalue weighted by Crippen LogP contribution is 2.37. The molecule has 2 heteroatoms. The van der Waals surface area contributed by atoms with E-state index in [0.29, 0.717) is 0 Å². The molecule has 0 saturated heterocycles. The second-order valence-electron chi connectivity index (χ2n) is 3.95. The van der Waals surface area contributed by atoms with Gasteiger partial charge < -0.3 is 4.74 Å². The minimum atomic E-state index is 0.718. The van der Waals surface area contributed by atoms with Gasteiger partial charge in [-0.25, -0.2) is 0 Å². The number of methoxy groups -OCH3 is 1. The summed E-state index contributed by atoms with van der Waals surface area (Å²) in [7, 11) is 1.70. The van der Waals surface area contributed by atoms with Crippen molar-refractivity contribution in [3.8, 4) is 18.1 Å². The standard InChI is InChI=1S/C16H20OS/c1-7-11(4)14-10-15(17-5)12(8-2)13(9-3)16(14)18-6/h1,10H,4,8-9H2,2-3,5-6H3. The van der Waals surface area contributed by atoms with E-state index in [0.717, 1.165) is 29.7 Å². The maximum atomic E-state index is 5.49. The minimum Gasteiger partial charge on any atom is -0.496 e. The third-order valence-electron chi connectivity index (χ3n) is 3.09. The molecule has 0 aliphatic rings. The number of ether oxygens (including phenoxy) is 1. The zero-order chi connectivity index (χ0) is 13.7. The van der Waals surface area contributed by atoms with Crippen LogP contribution in [0, 0.1) is 12.3 Å². The van der Waals surface area contributed by atoms with Gasteiger partial charge in [0.05, 0.1) is 7.11 Å². The molecular formula is C16H20OS. The third kappa shape index (κ3) is 2.57. The quantitative estimate of drug-likeness (QED) is 0.580. The van der Waals surface area contributed by atoms with Crippen molar-refractivity contribution in [1.82, 2.24) is 0 Å². The Morgan fingerprint density at radius 2 is 2.00 bits per heavy atom. The normalized spacial score (nSPS) is 9.94. The lowest BCUT2D eigenvalue weighted by atomic mass is 9.95. The Morgan fingerprint density at radius 1 is 1.39 bits per heavy atom. The van der Waals surface area contributed by atoms with E-state index in [1.807, 2.05) is 6.07 Å². The molecule has 0 atom stereocenters. The molecule has 1 nitrogen and oxygen atoms in total. The van der Waals surface area contributed by atoms with Crippen LogP contribution in [-0.4, -0.2) is 13.4 Å². The van der Waals surface area contributed by atoms with Gasteiger partial charge >= 0.3 is 0 Å². The molecule has 96 valence electrons. The van der Waals surface area contributed by atoms with Crippen molar-refractivity contribution in [3.05, 3.63) is 29.3 Å². The van der Waals surface area contributed by atoms with Gasteiger partial charge in [-0.3, -0.25) is 0 Å². The summed E-state index contributed by atoms with van der Waals surface area (Å²) in [5.74, 6) is 3.55. The van der Waals surface area contributed by atoms with Crippen LogP contribution in [0.2, 0.25) is 0 Å². The van der Waals surface area contributed by atoms with E-state index in [1.165, 1.54) is 16.0 Å². The van der Waals surface area contributed by atoms with Crippen LogP contribution in [0.1, 0.15) is 30.5 Å². The first kappa shape index (κ1) is 14.7. The molecule has 1 rings (SSSR count). The van der Waals surface area contributed by atoms with Gasteiger partial charge in [0.2, 0.25) is 0 Å². The fourth-order valence-electron chi connectivity index (χ4n) is 2.21. The Balaban J connectivity index is 3.64. The molecule has 18 heavy (non-hydrogen) atoms. The first-order valence-corrected chi connectivity index (χ1v) is 7.29. The largest absolute Gasteiger partial charge is 0.496 e. The Morgan fingerprint density at radius 3 is 2.39 bits per heavy atom. The summed E-state index contributed by atoms with van der Waals surface area (Å²) in [6.07, 6.45) is 9.49. The average Bonchev–Trinajstić information content (AvgIpc) is 2.43. The maximum absolute atomic E-state index is 5.49. The topological polar surface area (TPSA) is 9.23 Å². The van der Waals surface area contributed by atoms with Crippen LogP contribution in [0.3, 0.4) is 0 Å². The van der Waals surface area contributed by atoms with Gasteiger partial charge in [-0.2, -0.15) is 0 Å². The van der Waals surface area contributed by atoms with Crippen LogP contribution in [0.4, 0.5) is 0 Å². The van der Waals surface area contributed by atoms with Gasteiger partial charge in [-0.1, -0.05) is 26.3 Å². The third-order valence-corrected chi connectivity index (χ3v) is 3.96. The first-order valence-electron chi connectivity index (χ1n) is 6.07. The maximum Gasteiger partial charge on any atom is 0.123 e. The lowest BCUT2D eigenvalue weighted by Crippen LogP contribution is -2.02. The fraction of sp³-hybridized carbons (Fsp3) is 0.375. The van der Waals surface area contributed by atoms with Crippen LogP contribution in [0.25, 0.3) is 5.57 Å². The van der Waals surface area contributed by atoms with E-state index >= 15 is 0 Å². The van der Waals surface area contributed by atoms with Crippen molar-refractivity contribution >= 4 is 17.3 Å². The summed E-state index contributed by atoms with van der Waals surface area (Å²) in [6.45, 7) is 8.27. The minimum absolute atomic E-state index is 0.718. The Bertz CT molecular complexity index is 495. The van der Waals surface area contributed by atoms with E-state index in [1.54, 1.807) is 18.9 Å². The van der Waals surface area contributed by atoms with E-state index in [9.17, 15) is 0 Å². The molecule has 1 aromatic rings. The monoisotopic (exact) mass is 260 g/mol. The number of benzene rings is 1. The number of allylic oxidation sites excluding steroid dienone is 1. The van der Waals surface area contributed by atoms with Crippen LogP contribution in [0.15, 0.2) is 17.5 Å². The van der Waals surface area contributed by atoms with Gasteiger partial charge in [0.1, 0.15) is 5.75 Å². The molecular weight excluding hydrogens is 240 g/mol. The zero-order valence-corrected chi connectivity index (χ0v) is 12.4. The second-order valence-corrected chi connectivity index (χ2v) is 4.76. The Hall–Kier alpha value is -1.33. The predicted molar refractivity (Wildman–Crippen MR) is 81.4 cm³/mol. The summed E-state index contributed by atoms with van der Waals surface area (Å²) >= 11 is 1.73. The lowest BCUT2D eigenvalue weighted by molar-refractivity contribution is 0.408. The summed E-state index contributed by atoms with van der Waals surface area (Å²) in [5, 5.41) is 0.